The molecule has 1 aromatic rings. The van der Waals surface area contributed by atoms with Crippen molar-refractivity contribution < 1.29 is 18.0 Å². The standard InChI is InChI=1S/C15H19F3N2O/c1-2-6-11-7-3-4-10-20(11)14(21)13-12(15(16,17)18)8-5-9-19-13/h5,8-9,11H,2-4,6-7,10H2,1H3/t11-/m1/s1. The summed E-state index contributed by atoms with van der Waals surface area (Å²) >= 11 is 0. The highest BCUT2D eigenvalue weighted by Crippen LogP contribution is 2.32. The fraction of sp³-hybridized carbons (Fsp3) is 0.600. The fourth-order valence-electron chi connectivity index (χ4n) is 2.84. The van der Waals surface area contributed by atoms with Gasteiger partial charge in [0, 0.05) is 18.8 Å². The predicted molar refractivity (Wildman–Crippen MR) is 72.8 cm³/mol. The van der Waals surface area contributed by atoms with Crippen LogP contribution in [-0.2, 0) is 6.18 Å². The minimum Gasteiger partial charge on any atom is -0.334 e. The number of pyridine rings is 1. The van der Waals surface area contributed by atoms with Gasteiger partial charge in [0.25, 0.3) is 5.91 Å². The summed E-state index contributed by atoms with van der Waals surface area (Å²) in [4.78, 5) is 17.8. The van der Waals surface area contributed by atoms with E-state index in [-0.39, 0.29) is 6.04 Å². The van der Waals surface area contributed by atoms with E-state index in [0.29, 0.717) is 6.54 Å². The van der Waals surface area contributed by atoms with Gasteiger partial charge in [0.2, 0.25) is 0 Å². The van der Waals surface area contributed by atoms with Crippen molar-refractivity contribution in [1.82, 2.24) is 9.88 Å². The van der Waals surface area contributed by atoms with Gasteiger partial charge >= 0.3 is 6.18 Å². The summed E-state index contributed by atoms with van der Waals surface area (Å²) in [5.74, 6) is -0.596. The summed E-state index contributed by atoms with van der Waals surface area (Å²) in [5, 5.41) is 0. The fourth-order valence-corrected chi connectivity index (χ4v) is 2.84. The van der Waals surface area contributed by atoms with Crippen molar-refractivity contribution in [3.8, 4) is 0 Å². The van der Waals surface area contributed by atoms with E-state index in [1.54, 1.807) is 4.90 Å². The zero-order valence-electron chi connectivity index (χ0n) is 12.0. The Kier molecular flexibility index (Phi) is 4.85. The van der Waals surface area contributed by atoms with E-state index in [1.807, 2.05) is 6.92 Å². The topological polar surface area (TPSA) is 33.2 Å². The maximum absolute atomic E-state index is 13.0. The largest absolute Gasteiger partial charge is 0.418 e. The normalized spacial score (nSPS) is 19.6. The van der Waals surface area contributed by atoms with Crippen LogP contribution in [0.1, 0.15) is 55.1 Å². The van der Waals surface area contributed by atoms with E-state index in [4.69, 9.17) is 0 Å². The summed E-state index contributed by atoms with van der Waals surface area (Å²) in [6.45, 7) is 2.52. The zero-order chi connectivity index (χ0) is 15.5. The highest BCUT2D eigenvalue weighted by atomic mass is 19.4. The van der Waals surface area contributed by atoms with Crippen molar-refractivity contribution in [3.05, 3.63) is 29.6 Å². The summed E-state index contributed by atoms with van der Waals surface area (Å²) < 4.78 is 39.0. The Morgan fingerprint density at radius 3 is 2.86 bits per heavy atom. The zero-order valence-corrected chi connectivity index (χ0v) is 12.0. The van der Waals surface area contributed by atoms with Crippen molar-refractivity contribution in [2.45, 2.75) is 51.2 Å². The number of amides is 1. The lowest BCUT2D eigenvalue weighted by Crippen LogP contribution is -2.44. The third-order valence-electron chi connectivity index (χ3n) is 3.83. The monoisotopic (exact) mass is 300 g/mol. The molecule has 2 heterocycles. The van der Waals surface area contributed by atoms with Crippen molar-refractivity contribution in [1.29, 1.82) is 0 Å². The van der Waals surface area contributed by atoms with E-state index in [2.05, 4.69) is 4.98 Å². The lowest BCUT2D eigenvalue weighted by Gasteiger charge is -2.36. The number of rotatable bonds is 3. The number of aromatic nitrogens is 1. The molecule has 1 saturated heterocycles. The van der Waals surface area contributed by atoms with Crippen LogP contribution < -0.4 is 0 Å². The average molecular weight is 300 g/mol. The predicted octanol–water partition coefficient (Wildman–Crippen LogP) is 3.90. The van der Waals surface area contributed by atoms with Gasteiger partial charge in [-0.15, -0.1) is 0 Å². The maximum atomic E-state index is 13.0. The molecule has 0 spiro atoms. The van der Waals surface area contributed by atoms with Gasteiger partial charge in [-0.2, -0.15) is 13.2 Å². The molecule has 116 valence electrons. The van der Waals surface area contributed by atoms with Crippen molar-refractivity contribution in [2.24, 2.45) is 0 Å². The molecule has 0 saturated carbocycles. The number of nitrogens with zero attached hydrogens (tertiary/aromatic N) is 2. The average Bonchev–Trinajstić information content (AvgIpc) is 2.46. The lowest BCUT2D eigenvalue weighted by molar-refractivity contribution is -0.138. The quantitative estimate of drug-likeness (QED) is 0.848. The summed E-state index contributed by atoms with van der Waals surface area (Å²) in [6, 6.07) is 2.15. The first kappa shape index (κ1) is 15.8. The van der Waals surface area contributed by atoms with Crippen LogP contribution in [0.25, 0.3) is 0 Å². The van der Waals surface area contributed by atoms with Gasteiger partial charge in [0.1, 0.15) is 5.69 Å². The molecular formula is C15H19F3N2O. The summed E-state index contributed by atoms with van der Waals surface area (Å²) in [6.07, 6.45) is 1.11. The molecule has 1 aromatic heterocycles. The van der Waals surface area contributed by atoms with Crippen LogP contribution in [0.5, 0.6) is 0 Å². The highest BCUT2D eigenvalue weighted by Gasteiger charge is 2.38. The molecule has 0 radical (unpaired) electrons. The Balaban J connectivity index is 2.31. The molecule has 2 rings (SSSR count). The van der Waals surface area contributed by atoms with Crippen LogP contribution in [-0.4, -0.2) is 28.4 Å². The molecule has 6 heteroatoms. The molecule has 1 aliphatic heterocycles. The van der Waals surface area contributed by atoms with E-state index < -0.39 is 23.3 Å². The Morgan fingerprint density at radius 1 is 1.43 bits per heavy atom. The van der Waals surface area contributed by atoms with Crippen molar-refractivity contribution in [2.75, 3.05) is 6.54 Å². The summed E-state index contributed by atoms with van der Waals surface area (Å²) in [7, 11) is 0. The lowest BCUT2D eigenvalue weighted by atomic mass is 9.97. The van der Waals surface area contributed by atoms with Gasteiger partial charge in [-0.05, 0) is 37.8 Å². The van der Waals surface area contributed by atoms with Crippen LogP contribution in [0.2, 0.25) is 0 Å². The van der Waals surface area contributed by atoms with Crippen LogP contribution in [0.15, 0.2) is 18.3 Å². The number of alkyl halides is 3. The molecule has 21 heavy (non-hydrogen) atoms. The van der Waals surface area contributed by atoms with Crippen molar-refractivity contribution in [3.63, 3.8) is 0 Å². The highest BCUT2D eigenvalue weighted by molar-refractivity contribution is 5.94. The van der Waals surface area contributed by atoms with Gasteiger partial charge in [0.05, 0.1) is 5.56 Å². The molecule has 0 unspecified atom stereocenters. The van der Waals surface area contributed by atoms with Gasteiger partial charge < -0.3 is 4.90 Å². The Hall–Kier alpha value is -1.59. The molecular weight excluding hydrogens is 281 g/mol. The smallest absolute Gasteiger partial charge is 0.334 e. The third kappa shape index (κ3) is 3.54. The van der Waals surface area contributed by atoms with E-state index in [0.717, 1.165) is 38.2 Å². The van der Waals surface area contributed by atoms with Gasteiger partial charge in [-0.1, -0.05) is 13.3 Å². The van der Waals surface area contributed by atoms with Crippen LogP contribution in [0.3, 0.4) is 0 Å². The second-order valence-corrected chi connectivity index (χ2v) is 5.33. The van der Waals surface area contributed by atoms with Gasteiger partial charge in [0.15, 0.2) is 0 Å². The number of likely N-dealkylation sites (tertiary alicyclic amines) is 1. The second-order valence-electron chi connectivity index (χ2n) is 5.33. The molecule has 1 amide bonds. The molecule has 1 aliphatic rings. The van der Waals surface area contributed by atoms with E-state index in [1.165, 1.54) is 12.3 Å². The Bertz CT molecular complexity index is 500. The molecule has 0 aliphatic carbocycles. The van der Waals surface area contributed by atoms with Crippen molar-refractivity contribution >= 4 is 5.91 Å². The van der Waals surface area contributed by atoms with Crippen LogP contribution in [0.4, 0.5) is 13.2 Å². The van der Waals surface area contributed by atoms with Crippen LogP contribution in [0, 0.1) is 0 Å². The molecule has 0 aromatic carbocycles. The number of hydrogen-bond acceptors (Lipinski definition) is 2. The first-order valence-electron chi connectivity index (χ1n) is 7.28. The van der Waals surface area contributed by atoms with E-state index in [9.17, 15) is 18.0 Å². The number of carbonyl (C=O) groups excluding carboxylic acids is 1. The Labute approximate surface area is 122 Å². The SMILES string of the molecule is CCC[C@@H]1CCCCN1C(=O)c1ncccc1C(F)(F)F. The number of hydrogen-bond donors (Lipinski definition) is 0. The summed E-state index contributed by atoms with van der Waals surface area (Å²) in [5.41, 5.74) is -1.43. The molecule has 0 N–H and O–H groups in total. The molecule has 3 nitrogen and oxygen atoms in total. The minimum atomic E-state index is -4.56. The minimum absolute atomic E-state index is 0.0272. The molecule has 1 atom stereocenters. The number of halogens is 3. The first-order valence-corrected chi connectivity index (χ1v) is 7.28. The number of carbonyl (C=O) groups is 1. The van der Waals surface area contributed by atoms with E-state index >= 15 is 0 Å². The first-order chi connectivity index (χ1) is 9.95. The maximum Gasteiger partial charge on any atom is 0.418 e. The molecule has 1 fully saturated rings. The van der Waals surface area contributed by atoms with Crippen LogP contribution >= 0.6 is 0 Å². The number of piperidine rings is 1. The van der Waals surface area contributed by atoms with Gasteiger partial charge in [-0.25, -0.2) is 0 Å². The Morgan fingerprint density at radius 2 is 2.19 bits per heavy atom. The second kappa shape index (κ2) is 6.45. The molecule has 0 bridgehead atoms. The third-order valence-corrected chi connectivity index (χ3v) is 3.83. The van der Waals surface area contributed by atoms with Gasteiger partial charge in [-0.3, -0.25) is 9.78 Å².